The number of hydrogen-bond donors (Lipinski definition) is 2. The summed E-state index contributed by atoms with van der Waals surface area (Å²) >= 11 is 1.62. The van der Waals surface area contributed by atoms with Crippen LogP contribution < -0.4 is 15.2 Å². The van der Waals surface area contributed by atoms with E-state index in [9.17, 15) is 8.42 Å². The minimum absolute atomic E-state index is 0.0546. The van der Waals surface area contributed by atoms with Gasteiger partial charge in [-0.1, -0.05) is 18.2 Å². The molecule has 39 heavy (non-hydrogen) atoms. The van der Waals surface area contributed by atoms with Crippen LogP contribution in [0.25, 0.3) is 21.0 Å². The second-order valence-electron chi connectivity index (χ2n) is 11.1. The van der Waals surface area contributed by atoms with Crippen LogP contribution in [-0.4, -0.2) is 74.8 Å². The molecule has 1 aliphatic carbocycles. The maximum atomic E-state index is 13.0. The van der Waals surface area contributed by atoms with Gasteiger partial charge in [0.25, 0.3) is 0 Å². The zero-order valence-electron chi connectivity index (χ0n) is 23.2. The van der Waals surface area contributed by atoms with Crippen molar-refractivity contribution in [1.82, 2.24) is 19.5 Å². The second-order valence-corrected chi connectivity index (χ2v) is 14.0. The van der Waals surface area contributed by atoms with E-state index >= 15 is 0 Å². The van der Waals surface area contributed by atoms with Crippen molar-refractivity contribution >= 4 is 27.0 Å². The quantitative estimate of drug-likeness (QED) is 0.349. The van der Waals surface area contributed by atoms with Crippen LogP contribution in [0.15, 0.2) is 42.6 Å². The van der Waals surface area contributed by atoms with Gasteiger partial charge in [0.05, 0.1) is 22.4 Å². The highest BCUT2D eigenvalue weighted by atomic mass is 32.2. The lowest BCUT2D eigenvalue weighted by atomic mass is 10.0. The molecule has 210 valence electrons. The summed E-state index contributed by atoms with van der Waals surface area (Å²) in [4.78, 5) is 10.2. The smallest absolute Gasteiger partial charge is 0.213 e. The first-order valence-electron chi connectivity index (χ1n) is 13.6. The van der Waals surface area contributed by atoms with Crippen molar-refractivity contribution in [3.05, 3.63) is 53.7 Å². The molecule has 3 N–H and O–H groups in total. The largest absolute Gasteiger partial charge is 0.489 e. The summed E-state index contributed by atoms with van der Waals surface area (Å²) in [6, 6.07) is 12.3. The van der Waals surface area contributed by atoms with E-state index in [2.05, 4.69) is 45.7 Å². The number of aromatic nitrogens is 1. The van der Waals surface area contributed by atoms with Crippen LogP contribution in [0.2, 0.25) is 0 Å². The monoisotopic (exact) mass is 569 g/mol. The number of anilines is 1. The Morgan fingerprint density at radius 1 is 1.23 bits per heavy atom. The maximum absolute atomic E-state index is 13.0. The first-order valence-corrected chi connectivity index (χ1v) is 16.1. The van der Waals surface area contributed by atoms with E-state index in [0.29, 0.717) is 24.0 Å². The number of likely N-dealkylation sites (tertiary alicyclic amines) is 1. The Hall–Kier alpha value is -2.50. The molecule has 0 unspecified atom stereocenters. The summed E-state index contributed by atoms with van der Waals surface area (Å²) in [7, 11) is 0.775. The number of ether oxygens (including phenoxy) is 1. The molecule has 8 nitrogen and oxygen atoms in total. The lowest BCUT2D eigenvalue weighted by molar-refractivity contribution is 0.244. The molecular formula is C29H39N5O3S2. The number of fused-ring (bicyclic) bond motifs is 1. The fourth-order valence-electron chi connectivity index (χ4n) is 5.54. The third-order valence-corrected chi connectivity index (χ3v) is 10.1. The van der Waals surface area contributed by atoms with E-state index in [1.54, 1.807) is 11.3 Å². The van der Waals surface area contributed by atoms with E-state index in [1.165, 1.54) is 5.56 Å². The normalized spacial score (nSPS) is 19.7. The molecule has 1 aliphatic heterocycles. The zero-order valence-corrected chi connectivity index (χ0v) is 24.8. The Labute approximate surface area is 236 Å². The third kappa shape index (κ3) is 6.47. The molecule has 0 amide bonds. The lowest BCUT2D eigenvalue weighted by Gasteiger charge is -2.21. The maximum Gasteiger partial charge on any atom is 0.213 e. The van der Waals surface area contributed by atoms with Crippen molar-refractivity contribution < 1.29 is 13.2 Å². The fraction of sp³-hybridized carbons (Fsp3) is 0.483. The van der Waals surface area contributed by atoms with Crippen LogP contribution in [0, 0.1) is 0 Å². The van der Waals surface area contributed by atoms with Gasteiger partial charge in [-0.25, -0.2) is 18.1 Å². The molecule has 2 aromatic carbocycles. The number of rotatable bonds is 10. The summed E-state index contributed by atoms with van der Waals surface area (Å²) < 4.78 is 34.8. The number of thiazole rings is 1. The topological polar surface area (TPSA) is 101 Å². The van der Waals surface area contributed by atoms with Gasteiger partial charge in [-0.15, -0.1) is 11.3 Å². The number of benzene rings is 2. The van der Waals surface area contributed by atoms with Crippen LogP contribution in [0.3, 0.4) is 0 Å². The number of nitrogen functional groups attached to an aromatic ring is 1. The highest BCUT2D eigenvalue weighted by Gasteiger charge is 2.30. The van der Waals surface area contributed by atoms with Crippen molar-refractivity contribution in [2.24, 2.45) is 0 Å². The molecule has 1 saturated heterocycles. The molecule has 2 atom stereocenters. The zero-order chi connectivity index (χ0) is 27.7. The van der Waals surface area contributed by atoms with E-state index < -0.39 is 10.0 Å². The van der Waals surface area contributed by atoms with Crippen LogP contribution in [0.1, 0.15) is 43.9 Å². The van der Waals surface area contributed by atoms with Gasteiger partial charge < -0.3 is 20.3 Å². The summed E-state index contributed by atoms with van der Waals surface area (Å²) in [5.74, 6) is 0.805. The Morgan fingerprint density at radius 2 is 2.05 bits per heavy atom. The van der Waals surface area contributed by atoms with Crippen molar-refractivity contribution in [2.45, 2.75) is 51.3 Å². The molecule has 0 saturated carbocycles. The van der Waals surface area contributed by atoms with E-state index in [0.717, 1.165) is 58.9 Å². The van der Waals surface area contributed by atoms with E-state index in [-0.39, 0.29) is 17.9 Å². The molecule has 3 aromatic rings. The van der Waals surface area contributed by atoms with Crippen molar-refractivity contribution in [2.75, 3.05) is 45.2 Å². The highest BCUT2D eigenvalue weighted by molar-refractivity contribution is 7.89. The average Bonchev–Trinajstić information content (AvgIpc) is 3.64. The molecule has 0 radical (unpaired) electrons. The second kappa shape index (κ2) is 11.5. The average molecular weight is 570 g/mol. The Kier molecular flexibility index (Phi) is 8.30. The first-order chi connectivity index (χ1) is 18.6. The van der Waals surface area contributed by atoms with Crippen LogP contribution in [-0.2, 0) is 16.4 Å². The van der Waals surface area contributed by atoms with Gasteiger partial charge in [-0.3, -0.25) is 0 Å². The molecule has 2 heterocycles. The molecule has 2 aliphatic rings. The number of hydrogen-bond acceptors (Lipinski definition) is 8. The predicted molar refractivity (Wildman–Crippen MR) is 160 cm³/mol. The Balaban J connectivity index is 1.27. The number of likely N-dealkylation sites (N-methyl/N-ethyl adjacent to an activating group) is 1. The lowest BCUT2D eigenvalue weighted by Crippen LogP contribution is -2.37. The summed E-state index contributed by atoms with van der Waals surface area (Å²) in [5, 5.41) is 0.888. The minimum atomic E-state index is -3.39. The molecule has 10 heteroatoms. The number of sulfonamides is 1. The SMILES string of the molecule is CC(C)Oc1ccc(-c2ncc(-c3cccc4c3CC[C@H]4NS(=O)(=O)CCN3CC[C@H](N(C)C)C3)s2)cc1N. The first kappa shape index (κ1) is 28.0. The van der Waals surface area contributed by atoms with Gasteiger partial charge in [0.2, 0.25) is 10.0 Å². The van der Waals surface area contributed by atoms with Crippen molar-refractivity contribution in [1.29, 1.82) is 0 Å². The Bertz CT molecular complexity index is 1420. The highest BCUT2D eigenvalue weighted by Crippen LogP contribution is 2.41. The van der Waals surface area contributed by atoms with Crippen LogP contribution in [0.5, 0.6) is 5.75 Å². The Morgan fingerprint density at radius 3 is 2.77 bits per heavy atom. The summed E-state index contributed by atoms with van der Waals surface area (Å²) in [6.45, 7) is 6.40. The number of nitrogens with zero attached hydrogens (tertiary/aromatic N) is 3. The van der Waals surface area contributed by atoms with Crippen LogP contribution >= 0.6 is 11.3 Å². The predicted octanol–water partition coefficient (Wildman–Crippen LogP) is 4.39. The summed E-state index contributed by atoms with van der Waals surface area (Å²) in [6.07, 6.45) is 4.63. The van der Waals surface area contributed by atoms with Gasteiger partial charge in [0.1, 0.15) is 10.8 Å². The van der Waals surface area contributed by atoms with Crippen molar-refractivity contribution in [3.63, 3.8) is 0 Å². The van der Waals surface area contributed by atoms with Crippen LogP contribution in [0.4, 0.5) is 5.69 Å². The van der Waals surface area contributed by atoms with Gasteiger partial charge in [-0.05, 0) is 88.6 Å². The van der Waals surface area contributed by atoms with Gasteiger partial charge in [0.15, 0.2) is 0 Å². The van der Waals surface area contributed by atoms with E-state index in [4.69, 9.17) is 10.5 Å². The molecule has 1 aromatic heterocycles. The molecular weight excluding hydrogens is 530 g/mol. The molecule has 1 fully saturated rings. The van der Waals surface area contributed by atoms with Gasteiger partial charge in [-0.2, -0.15) is 0 Å². The minimum Gasteiger partial charge on any atom is -0.489 e. The third-order valence-electron chi connectivity index (χ3n) is 7.64. The standard InChI is InChI=1S/C29H39N5O3S2/c1-19(2)37-27-11-8-20(16-25(27)30)29-31-17-28(38-29)24-7-5-6-23-22(24)9-10-26(23)32-39(35,36)15-14-34-13-12-21(18-34)33(3)4/h5-8,11,16-17,19,21,26,32H,9-10,12-15,18,30H2,1-4H3/t21-,26+/m0/s1. The van der Waals surface area contributed by atoms with Gasteiger partial charge >= 0.3 is 0 Å². The summed E-state index contributed by atoms with van der Waals surface area (Å²) in [5.41, 5.74) is 11.2. The molecule has 0 bridgehead atoms. The number of nitrogens with one attached hydrogen (secondary N) is 1. The molecule has 0 spiro atoms. The molecule has 5 rings (SSSR count). The van der Waals surface area contributed by atoms with E-state index in [1.807, 2.05) is 44.3 Å². The fourth-order valence-corrected chi connectivity index (χ4v) is 7.80. The number of nitrogens with two attached hydrogens (primary N) is 1. The van der Waals surface area contributed by atoms with Gasteiger partial charge in [0, 0.05) is 36.9 Å². The van der Waals surface area contributed by atoms with Crippen molar-refractivity contribution in [3.8, 4) is 26.8 Å².